The summed E-state index contributed by atoms with van der Waals surface area (Å²) in [7, 11) is 0. The molecule has 0 bridgehead atoms. The van der Waals surface area contributed by atoms with Gasteiger partial charge in [0.15, 0.2) is 0 Å². The second kappa shape index (κ2) is 7.01. The van der Waals surface area contributed by atoms with E-state index in [2.05, 4.69) is 0 Å². The molecule has 0 aliphatic carbocycles. The molecule has 1 aromatic rings. The Labute approximate surface area is 108 Å². The molecule has 4 nitrogen and oxygen atoms in total. The van der Waals surface area contributed by atoms with E-state index in [1.165, 1.54) is 4.90 Å². The average Bonchev–Trinajstić information content (AvgIpc) is 2.34. The summed E-state index contributed by atoms with van der Waals surface area (Å²) in [6.07, 6.45) is -0.325. The number of rotatable bonds is 6. The van der Waals surface area contributed by atoms with Crippen molar-refractivity contribution in [1.82, 2.24) is 4.90 Å². The number of aliphatic hydroxyl groups is 1. The fourth-order valence-corrected chi connectivity index (χ4v) is 1.98. The summed E-state index contributed by atoms with van der Waals surface area (Å²) in [5.41, 5.74) is 0.933. The summed E-state index contributed by atoms with van der Waals surface area (Å²) < 4.78 is 0. The van der Waals surface area contributed by atoms with Gasteiger partial charge in [0.2, 0.25) is 0 Å². The quantitative estimate of drug-likeness (QED) is 0.817. The lowest BCUT2D eigenvalue weighted by molar-refractivity contribution is 0.0844. The minimum Gasteiger partial charge on any atom is -0.465 e. The van der Waals surface area contributed by atoms with Crippen LogP contribution in [0.25, 0.3) is 0 Å². The van der Waals surface area contributed by atoms with Gasteiger partial charge in [0.1, 0.15) is 0 Å². The Balaban J connectivity index is 2.78. The van der Waals surface area contributed by atoms with Gasteiger partial charge in [-0.05, 0) is 17.9 Å². The van der Waals surface area contributed by atoms with E-state index in [0.29, 0.717) is 18.9 Å². The van der Waals surface area contributed by atoms with Crippen LogP contribution in [0.2, 0.25) is 0 Å². The number of amides is 1. The number of aliphatic hydroxyl groups excluding tert-OH is 1. The van der Waals surface area contributed by atoms with E-state index in [4.69, 9.17) is 0 Å². The first-order chi connectivity index (χ1) is 8.54. The van der Waals surface area contributed by atoms with Crippen LogP contribution in [0.5, 0.6) is 0 Å². The Morgan fingerprint density at radius 2 is 1.89 bits per heavy atom. The molecule has 1 aromatic carbocycles. The zero-order valence-corrected chi connectivity index (χ0v) is 10.9. The largest absolute Gasteiger partial charge is 0.465 e. The Kier molecular flexibility index (Phi) is 5.65. The molecule has 0 heterocycles. The summed E-state index contributed by atoms with van der Waals surface area (Å²) in [6, 6.07) is 9.09. The first-order valence-electron chi connectivity index (χ1n) is 6.19. The molecule has 2 N–H and O–H groups in total. The van der Waals surface area contributed by atoms with E-state index in [9.17, 15) is 15.0 Å². The van der Waals surface area contributed by atoms with Crippen molar-refractivity contribution >= 4 is 6.09 Å². The second-order valence-corrected chi connectivity index (χ2v) is 4.86. The van der Waals surface area contributed by atoms with Gasteiger partial charge >= 0.3 is 6.09 Å². The molecule has 0 fully saturated rings. The maximum absolute atomic E-state index is 11.3. The lowest BCUT2D eigenvalue weighted by atomic mass is 10.0. The molecule has 0 spiro atoms. The maximum atomic E-state index is 11.3. The number of hydrogen-bond donors (Lipinski definition) is 2. The Morgan fingerprint density at radius 1 is 1.28 bits per heavy atom. The van der Waals surface area contributed by atoms with Crippen LogP contribution in [0.4, 0.5) is 4.79 Å². The third-order valence-corrected chi connectivity index (χ3v) is 2.84. The van der Waals surface area contributed by atoms with Gasteiger partial charge in [-0.3, -0.25) is 4.90 Å². The van der Waals surface area contributed by atoms with Crippen LogP contribution in [-0.2, 0) is 6.54 Å². The molecule has 0 aromatic heterocycles. The van der Waals surface area contributed by atoms with Crippen LogP contribution in [0.1, 0.15) is 25.8 Å². The second-order valence-electron chi connectivity index (χ2n) is 4.86. The number of hydrogen-bond acceptors (Lipinski definition) is 2. The van der Waals surface area contributed by atoms with Crippen molar-refractivity contribution in [2.75, 3.05) is 6.61 Å². The Bertz CT molecular complexity index is 365. The van der Waals surface area contributed by atoms with Crippen LogP contribution in [0.3, 0.4) is 0 Å². The molecule has 1 rings (SSSR count). The molecule has 0 saturated carbocycles. The molecular weight excluding hydrogens is 230 g/mol. The highest BCUT2D eigenvalue weighted by molar-refractivity contribution is 5.65. The minimum absolute atomic E-state index is 0.142. The topological polar surface area (TPSA) is 60.8 Å². The van der Waals surface area contributed by atoms with Gasteiger partial charge in [0.25, 0.3) is 0 Å². The molecule has 18 heavy (non-hydrogen) atoms. The van der Waals surface area contributed by atoms with Crippen molar-refractivity contribution in [3.05, 3.63) is 35.9 Å². The van der Waals surface area contributed by atoms with E-state index in [1.54, 1.807) is 0 Å². The minimum atomic E-state index is -0.987. The third kappa shape index (κ3) is 4.37. The Hall–Kier alpha value is -1.55. The summed E-state index contributed by atoms with van der Waals surface area (Å²) in [4.78, 5) is 12.6. The summed E-state index contributed by atoms with van der Waals surface area (Å²) in [6.45, 7) is 4.21. The van der Waals surface area contributed by atoms with Gasteiger partial charge in [0.05, 0.1) is 12.6 Å². The van der Waals surface area contributed by atoms with Crippen LogP contribution in [0.15, 0.2) is 30.3 Å². The Morgan fingerprint density at radius 3 is 2.33 bits per heavy atom. The molecule has 0 radical (unpaired) electrons. The van der Waals surface area contributed by atoms with E-state index >= 15 is 0 Å². The van der Waals surface area contributed by atoms with E-state index in [0.717, 1.165) is 5.56 Å². The molecular formula is C14H21NO3. The zero-order valence-electron chi connectivity index (χ0n) is 10.9. The first-order valence-corrected chi connectivity index (χ1v) is 6.19. The van der Waals surface area contributed by atoms with E-state index in [-0.39, 0.29) is 12.6 Å². The average molecular weight is 251 g/mol. The molecule has 1 unspecified atom stereocenters. The molecule has 1 atom stereocenters. The first kappa shape index (κ1) is 14.5. The van der Waals surface area contributed by atoms with Gasteiger partial charge in [-0.25, -0.2) is 4.79 Å². The van der Waals surface area contributed by atoms with Crippen molar-refractivity contribution in [1.29, 1.82) is 0 Å². The molecule has 0 saturated heterocycles. The van der Waals surface area contributed by atoms with Gasteiger partial charge < -0.3 is 10.2 Å². The van der Waals surface area contributed by atoms with Gasteiger partial charge in [-0.1, -0.05) is 44.2 Å². The number of nitrogens with zero attached hydrogens (tertiary/aromatic N) is 1. The molecule has 100 valence electrons. The maximum Gasteiger partial charge on any atom is 0.407 e. The fraction of sp³-hybridized carbons (Fsp3) is 0.500. The van der Waals surface area contributed by atoms with Crippen molar-refractivity contribution < 1.29 is 15.0 Å². The fourth-order valence-electron chi connectivity index (χ4n) is 1.98. The smallest absolute Gasteiger partial charge is 0.407 e. The number of carbonyl (C=O) groups is 1. The van der Waals surface area contributed by atoms with E-state index < -0.39 is 6.09 Å². The molecule has 4 heteroatoms. The van der Waals surface area contributed by atoms with Crippen molar-refractivity contribution in [3.63, 3.8) is 0 Å². The van der Waals surface area contributed by atoms with Gasteiger partial charge in [0, 0.05) is 6.54 Å². The lowest BCUT2D eigenvalue weighted by Crippen LogP contribution is -2.41. The normalized spacial score (nSPS) is 12.4. The molecule has 0 aliphatic heterocycles. The highest BCUT2D eigenvalue weighted by Gasteiger charge is 2.23. The van der Waals surface area contributed by atoms with E-state index in [1.807, 2.05) is 44.2 Å². The SMILES string of the molecule is CC(C)CC(CO)N(Cc1ccccc1)C(=O)O. The van der Waals surface area contributed by atoms with Gasteiger partial charge in [-0.15, -0.1) is 0 Å². The highest BCUT2D eigenvalue weighted by atomic mass is 16.4. The summed E-state index contributed by atoms with van der Waals surface area (Å²) in [5.74, 6) is 0.347. The summed E-state index contributed by atoms with van der Waals surface area (Å²) in [5, 5.41) is 18.6. The van der Waals surface area contributed by atoms with Crippen LogP contribution in [0, 0.1) is 5.92 Å². The standard InChI is InChI=1S/C14H21NO3/c1-11(2)8-13(10-16)15(14(17)18)9-12-6-4-3-5-7-12/h3-7,11,13,16H,8-10H2,1-2H3,(H,17,18). The predicted molar refractivity (Wildman–Crippen MR) is 70.3 cm³/mol. The molecule has 1 amide bonds. The summed E-state index contributed by atoms with van der Waals surface area (Å²) >= 11 is 0. The molecule has 0 aliphatic rings. The zero-order chi connectivity index (χ0) is 13.5. The van der Waals surface area contributed by atoms with Crippen molar-refractivity contribution in [3.8, 4) is 0 Å². The monoisotopic (exact) mass is 251 g/mol. The predicted octanol–water partition coefficient (Wildman–Crippen LogP) is 2.57. The van der Waals surface area contributed by atoms with Crippen LogP contribution < -0.4 is 0 Å². The van der Waals surface area contributed by atoms with Crippen molar-refractivity contribution in [2.45, 2.75) is 32.9 Å². The number of benzene rings is 1. The van der Waals surface area contributed by atoms with Crippen molar-refractivity contribution in [2.24, 2.45) is 5.92 Å². The van der Waals surface area contributed by atoms with Gasteiger partial charge in [-0.2, -0.15) is 0 Å². The highest BCUT2D eigenvalue weighted by Crippen LogP contribution is 2.15. The number of carboxylic acid groups (broad SMARTS) is 1. The van der Waals surface area contributed by atoms with Crippen LogP contribution in [-0.4, -0.2) is 33.9 Å². The lowest BCUT2D eigenvalue weighted by Gasteiger charge is -2.29. The van der Waals surface area contributed by atoms with Crippen LogP contribution >= 0.6 is 0 Å². The third-order valence-electron chi connectivity index (χ3n) is 2.84.